The Balaban J connectivity index is 0.00000420. The van der Waals surface area contributed by atoms with E-state index in [9.17, 15) is 0 Å². The van der Waals surface area contributed by atoms with Crippen LogP contribution in [-0.4, -0.2) is 18.2 Å². The quantitative estimate of drug-likeness (QED) is 0.0906. The maximum atomic E-state index is 6.64. The first-order valence-electron chi connectivity index (χ1n) is 18.8. The average molecular weight is 861 g/mol. The molecule has 0 saturated carbocycles. The van der Waals surface area contributed by atoms with E-state index in [-0.39, 0.29) is 20.1 Å². The monoisotopic (exact) mass is 861 g/mol. The van der Waals surface area contributed by atoms with E-state index < -0.39 is 5.41 Å². The number of nitrogens with zero attached hydrogens (tertiary/aromatic N) is 1. The molecule has 8 rings (SSSR count). The second kappa shape index (κ2) is 15.2. The van der Waals surface area contributed by atoms with Gasteiger partial charge >= 0.3 is 0 Å². The standard InChI is InChI=1S/C48H46NO2.Ir/c1-5-7-13-24-50-46-30-40-38-26-32(3)33(4)27-43(38)48(44(40)31-47(46)51-25-14-8-6-2)41-19-10-9-18-37(41)39-29-35(21-22-42(39)48)34-16-15-17-36(28-34)45-20-11-12-23-49-45;/h9-12,15-16,18-23,26-31H,5-8,13-14,24-25H2,1-4H3;/q-1;. The number of fused-ring (bicyclic) bond motifs is 10. The first kappa shape index (κ1) is 35.9. The second-order valence-corrected chi connectivity index (χ2v) is 14.2. The third kappa shape index (κ3) is 6.10. The van der Waals surface area contributed by atoms with Gasteiger partial charge in [0.05, 0.1) is 18.6 Å². The van der Waals surface area contributed by atoms with Crippen LogP contribution in [0.25, 0.3) is 44.6 Å². The van der Waals surface area contributed by atoms with Crippen LogP contribution in [-0.2, 0) is 25.5 Å². The Labute approximate surface area is 322 Å². The van der Waals surface area contributed by atoms with Gasteiger partial charge in [-0.25, -0.2) is 0 Å². The maximum Gasteiger partial charge on any atom is 0.161 e. The molecular formula is C48H46IrNO2-. The number of aryl methyl sites for hydroxylation is 2. The van der Waals surface area contributed by atoms with Crippen LogP contribution in [0.4, 0.5) is 0 Å². The summed E-state index contributed by atoms with van der Waals surface area (Å²) in [4.78, 5) is 4.59. The van der Waals surface area contributed by atoms with Gasteiger partial charge in [-0.15, -0.1) is 35.4 Å². The van der Waals surface area contributed by atoms with Gasteiger partial charge in [0.1, 0.15) is 0 Å². The van der Waals surface area contributed by atoms with Gasteiger partial charge in [-0.2, -0.15) is 0 Å². The van der Waals surface area contributed by atoms with Gasteiger partial charge in [0.2, 0.25) is 0 Å². The predicted molar refractivity (Wildman–Crippen MR) is 210 cm³/mol. The van der Waals surface area contributed by atoms with Gasteiger partial charge in [-0.05, 0) is 118 Å². The van der Waals surface area contributed by atoms with Crippen molar-refractivity contribution in [1.82, 2.24) is 4.98 Å². The third-order valence-electron chi connectivity index (χ3n) is 10.9. The molecule has 2 aliphatic rings. The maximum absolute atomic E-state index is 6.64. The Hall–Kier alpha value is -4.50. The SMILES string of the molecule is CCCCCOc1cc2c(cc1OCCCCC)C1(c3ccccc3-c3cc(-c4cc[c-]c(-c5ccccn5)c4)ccc31)c1cc(C)c(C)cc1-2.[Ir]. The molecule has 5 aromatic carbocycles. The number of unbranched alkanes of at least 4 members (excludes halogenated alkanes) is 4. The Morgan fingerprint density at radius 2 is 1.21 bits per heavy atom. The zero-order chi connectivity index (χ0) is 35.0. The minimum atomic E-state index is -0.473. The first-order valence-corrected chi connectivity index (χ1v) is 18.8. The summed E-state index contributed by atoms with van der Waals surface area (Å²) in [5.41, 5.74) is 16.7. The number of benzene rings is 5. The van der Waals surface area contributed by atoms with E-state index in [0.717, 1.165) is 66.8 Å². The van der Waals surface area contributed by atoms with Gasteiger partial charge in [0.25, 0.3) is 0 Å². The molecular weight excluding hydrogens is 815 g/mol. The van der Waals surface area contributed by atoms with Gasteiger partial charge in [0, 0.05) is 26.3 Å². The molecule has 1 aromatic heterocycles. The topological polar surface area (TPSA) is 31.4 Å². The van der Waals surface area contributed by atoms with Crippen LogP contribution in [0.15, 0.2) is 109 Å². The first-order chi connectivity index (χ1) is 25.0. The summed E-state index contributed by atoms with van der Waals surface area (Å²) < 4.78 is 13.2. The Morgan fingerprint density at radius 3 is 1.96 bits per heavy atom. The predicted octanol–water partition coefficient (Wildman–Crippen LogP) is 12.3. The van der Waals surface area contributed by atoms with Gasteiger partial charge < -0.3 is 14.5 Å². The van der Waals surface area contributed by atoms with Gasteiger partial charge in [-0.1, -0.05) is 100 Å². The Morgan fingerprint density at radius 1 is 0.577 bits per heavy atom. The van der Waals surface area contributed by atoms with E-state index in [1.165, 1.54) is 61.2 Å². The molecule has 265 valence electrons. The summed E-state index contributed by atoms with van der Waals surface area (Å²) in [5, 5.41) is 0. The zero-order valence-electron chi connectivity index (χ0n) is 30.6. The van der Waals surface area contributed by atoms with E-state index in [1.54, 1.807) is 0 Å². The molecule has 1 spiro atoms. The molecule has 2 aliphatic carbocycles. The molecule has 1 radical (unpaired) electrons. The Kier molecular flexibility index (Phi) is 10.5. The van der Waals surface area contributed by atoms with Crippen LogP contribution < -0.4 is 9.47 Å². The smallest absolute Gasteiger partial charge is 0.161 e. The third-order valence-corrected chi connectivity index (χ3v) is 10.9. The average Bonchev–Trinajstić information content (AvgIpc) is 3.61. The van der Waals surface area contributed by atoms with Crippen LogP contribution in [0.5, 0.6) is 11.5 Å². The zero-order valence-corrected chi connectivity index (χ0v) is 33.0. The second-order valence-electron chi connectivity index (χ2n) is 14.2. The summed E-state index contributed by atoms with van der Waals surface area (Å²) in [6.07, 6.45) is 8.53. The van der Waals surface area contributed by atoms with Crippen molar-refractivity contribution in [1.29, 1.82) is 0 Å². The van der Waals surface area contributed by atoms with Gasteiger partial charge in [0.15, 0.2) is 11.5 Å². The van der Waals surface area contributed by atoms with Crippen LogP contribution in [0.3, 0.4) is 0 Å². The van der Waals surface area contributed by atoms with E-state index in [2.05, 4.69) is 118 Å². The van der Waals surface area contributed by atoms with Crippen LogP contribution in [0, 0.1) is 19.9 Å². The molecule has 0 amide bonds. The number of aromatic nitrogens is 1. The normalized spacial score (nSPS) is 14.7. The largest absolute Gasteiger partial charge is 0.490 e. The minimum absolute atomic E-state index is 0. The van der Waals surface area contributed by atoms with Crippen molar-refractivity contribution in [2.45, 2.75) is 71.6 Å². The van der Waals surface area contributed by atoms with E-state index in [1.807, 2.05) is 30.5 Å². The van der Waals surface area contributed by atoms with Crippen molar-refractivity contribution >= 4 is 0 Å². The van der Waals surface area contributed by atoms with Crippen molar-refractivity contribution in [2.75, 3.05) is 13.2 Å². The van der Waals surface area contributed by atoms with Crippen molar-refractivity contribution in [3.63, 3.8) is 0 Å². The molecule has 0 fully saturated rings. The number of rotatable bonds is 12. The summed E-state index contributed by atoms with van der Waals surface area (Å²) in [5.74, 6) is 1.71. The molecule has 0 N–H and O–H groups in total. The fraction of sp³-hybridized carbons (Fsp3) is 0.271. The number of hydrogen-bond donors (Lipinski definition) is 0. The van der Waals surface area contributed by atoms with Crippen molar-refractivity contribution in [3.05, 3.63) is 149 Å². The summed E-state index contributed by atoms with van der Waals surface area (Å²) >= 11 is 0. The summed E-state index contributed by atoms with van der Waals surface area (Å²) in [6, 6.07) is 41.4. The molecule has 0 aliphatic heterocycles. The van der Waals surface area contributed by atoms with Crippen molar-refractivity contribution in [3.8, 4) is 56.1 Å². The number of ether oxygens (including phenoxy) is 2. The summed E-state index contributed by atoms with van der Waals surface area (Å²) in [6.45, 7) is 10.3. The van der Waals surface area contributed by atoms with Crippen LogP contribution in [0.1, 0.15) is 85.8 Å². The van der Waals surface area contributed by atoms with Crippen molar-refractivity contribution < 1.29 is 29.6 Å². The molecule has 52 heavy (non-hydrogen) atoms. The molecule has 3 nitrogen and oxygen atoms in total. The minimum Gasteiger partial charge on any atom is -0.490 e. The van der Waals surface area contributed by atoms with E-state index in [0.29, 0.717) is 13.2 Å². The molecule has 4 heteroatoms. The van der Waals surface area contributed by atoms with Crippen molar-refractivity contribution in [2.24, 2.45) is 0 Å². The Bertz CT molecular complexity index is 2230. The van der Waals surface area contributed by atoms with Crippen LogP contribution >= 0.6 is 0 Å². The molecule has 1 heterocycles. The molecule has 1 atom stereocenters. The van der Waals surface area contributed by atoms with E-state index in [4.69, 9.17) is 9.47 Å². The van der Waals surface area contributed by atoms with E-state index >= 15 is 0 Å². The number of pyridine rings is 1. The molecule has 0 bridgehead atoms. The van der Waals surface area contributed by atoms with Crippen LogP contribution in [0.2, 0.25) is 0 Å². The number of hydrogen-bond acceptors (Lipinski definition) is 3. The molecule has 1 unspecified atom stereocenters. The molecule has 0 saturated heterocycles. The molecule has 6 aromatic rings. The fourth-order valence-corrected chi connectivity index (χ4v) is 8.24. The fourth-order valence-electron chi connectivity index (χ4n) is 8.24. The summed E-state index contributed by atoms with van der Waals surface area (Å²) in [7, 11) is 0. The van der Waals surface area contributed by atoms with Gasteiger partial charge in [-0.3, -0.25) is 0 Å².